The molecule has 2 atom stereocenters. The average molecular weight is 1110 g/mol. The summed E-state index contributed by atoms with van der Waals surface area (Å²) in [6.07, 6.45) is 86.0. The molecule has 0 saturated carbocycles. The van der Waals surface area contributed by atoms with Gasteiger partial charge in [-0.2, -0.15) is 0 Å². The van der Waals surface area contributed by atoms with Crippen molar-refractivity contribution in [1.29, 1.82) is 0 Å². The first-order valence-electron chi connectivity index (χ1n) is 36.5. The smallest absolute Gasteiger partial charge is 0.305 e. The van der Waals surface area contributed by atoms with E-state index in [0.29, 0.717) is 19.4 Å². The van der Waals surface area contributed by atoms with E-state index < -0.39 is 12.1 Å². The number of carbonyl (C=O) groups is 2. The summed E-state index contributed by atoms with van der Waals surface area (Å²) in [5, 5.41) is 23.2. The number of ether oxygens (including phenoxy) is 1. The van der Waals surface area contributed by atoms with E-state index in [2.05, 4.69) is 19.2 Å². The van der Waals surface area contributed by atoms with Gasteiger partial charge in [-0.05, 0) is 32.1 Å². The third-order valence-corrected chi connectivity index (χ3v) is 17.3. The number of esters is 1. The molecule has 3 N–H and O–H groups in total. The Labute approximate surface area is 495 Å². The highest BCUT2D eigenvalue weighted by molar-refractivity contribution is 5.76. The molecule has 0 aliphatic carbocycles. The number of unbranched alkanes of at least 4 members (excludes halogenated alkanes) is 58. The highest BCUT2D eigenvalue weighted by Gasteiger charge is 2.18. The highest BCUT2D eigenvalue weighted by Crippen LogP contribution is 2.20. The van der Waals surface area contributed by atoms with Crippen LogP contribution >= 0.6 is 0 Å². The molecule has 0 radical (unpaired) electrons. The molecule has 0 saturated heterocycles. The van der Waals surface area contributed by atoms with Crippen molar-refractivity contribution in [1.82, 2.24) is 5.32 Å². The largest absolute Gasteiger partial charge is 0.466 e. The average Bonchev–Trinajstić information content (AvgIpc) is 3.45. The van der Waals surface area contributed by atoms with Crippen molar-refractivity contribution >= 4 is 11.9 Å². The number of aliphatic hydroxyl groups excluding tert-OH is 2. The first-order chi connectivity index (χ1) is 39.0. The molecule has 470 valence electrons. The summed E-state index contributed by atoms with van der Waals surface area (Å²) in [4.78, 5) is 24.5. The van der Waals surface area contributed by atoms with Crippen molar-refractivity contribution in [2.45, 2.75) is 431 Å². The standard InChI is InChI=1S/C73H143NO5/c1-3-5-7-9-11-13-15-17-39-42-45-49-53-57-61-65-71(76)70(69-75)74-72(77)66-62-58-54-50-46-43-40-37-35-33-31-29-27-25-23-21-19-18-20-22-24-26-28-30-32-34-36-38-41-44-48-52-56-60-64-68-79-73(78)67-63-59-55-51-47-16-14-12-10-8-6-4-2/h61,65,70-71,75-76H,3-60,62-64,66-69H2,1-2H3,(H,74,77)/b65-61+. The summed E-state index contributed by atoms with van der Waals surface area (Å²) < 4.78 is 5.49. The van der Waals surface area contributed by atoms with Crippen LogP contribution in [0.5, 0.6) is 0 Å². The lowest BCUT2D eigenvalue weighted by molar-refractivity contribution is -0.143. The molecule has 0 heterocycles. The summed E-state index contributed by atoms with van der Waals surface area (Å²) in [6, 6.07) is -0.623. The molecule has 0 aromatic carbocycles. The van der Waals surface area contributed by atoms with Gasteiger partial charge in [0, 0.05) is 12.8 Å². The Morgan fingerprint density at radius 3 is 0.861 bits per heavy atom. The van der Waals surface area contributed by atoms with E-state index >= 15 is 0 Å². The Morgan fingerprint density at radius 1 is 0.342 bits per heavy atom. The van der Waals surface area contributed by atoms with Gasteiger partial charge in [-0.3, -0.25) is 9.59 Å². The second-order valence-corrected chi connectivity index (χ2v) is 25.3. The minimum atomic E-state index is -0.840. The maximum atomic E-state index is 12.5. The van der Waals surface area contributed by atoms with Gasteiger partial charge in [0.05, 0.1) is 25.4 Å². The van der Waals surface area contributed by atoms with Gasteiger partial charge >= 0.3 is 5.97 Å². The molecule has 6 nitrogen and oxygen atoms in total. The van der Waals surface area contributed by atoms with Gasteiger partial charge in [0.25, 0.3) is 0 Å². The zero-order chi connectivity index (χ0) is 57.1. The van der Waals surface area contributed by atoms with E-state index in [1.165, 1.54) is 353 Å². The van der Waals surface area contributed by atoms with Crippen LogP contribution < -0.4 is 5.32 Å². The minimum absolute atomic E-state index is 0.0239. The van der Waals surface area contributed by atoms with Gasteiger partial charge in [0.15, 0.2) is 0 Å². The molecule has 1 amide bonds. The molecule has 0 aromatic rings. The van der Waals surface area contributed by atoms with Gasteiger partial charge in [-0.15, -0.1) is 0 Å². The molecule has 6 heteroatoms. The number of hydrogen-bond donors (Lipinski definition) is 3. The van der Waals surface area contributed by atoms with E-state index in [9.17, 15) is 19.8 Å². The van der Waals surface area contributed by atoms with Crippen molar-refractivity contribution in [2.75, 3.05) is 13.2 Å². The number of rotatable bonds is 69. The van der Waals surface area contributed by atoms with Crippen LogP contribution in [-0.4, -0.2) is 47.4 Å². The number of hydrogen-bond acceptors (Lipinski definition) is 5. The molecule has 0 aliphatic rings. The van der Waals surface area contributed by atoms with Gasteiger partial charge in [-0.25, -0.2) is 0 Å². The maximum absolute atomic E-state index is 12.5. The monoisotopic (exact) mass is 1110 g/mol. The fraction of sp³-hybridized carbons (Fsp3) is 0.945. The Bertz CT molecular complexity index is 1190. The van der Waals surface area contributed by atoms with Crippen molar-refractivity contribution in [3.8, 4) is 0 Å². The Kier molecular flexibility index (Phi) is 67.9. The fourth-order valence-corrected chi connectivity index (χ4v) is 11.8. The predicted octanol–water partition coefficient (Wildman–Crippen LogP) is 23.5. The van der Waals surface area contributed by atoms with Crippen LogP contribution in [0.25, 0.3) is 0 Å². The fourth-order valence-electron chi connectivity index (χ4n) is 11.8. The van der Waals surface area contributed by atoms with E-state index in [0.717, 1.165) is 38.5 Å². The minimum Gasteiger partial charge on any atom is -0.466 e. The first kappa shape index (κ1) is 77.6. The van der Waals surface area contributed by atoms with Crippen LogP contribution in [0, 0.1) is 0 Å². The molecular weight excluding hydrogens is 971 g/mol. The molecule has 0 spiro atoms. The van der Waals surface area contributed by atoms with Crippen LogP contribution in [0.4, 0.5) is 0 Å². The zero-order valence-electron chi connectivity index (χ0n) is 53.9. The summed E-state index contributed by atoms with van der Waals surface area (Å²) >= 11 is 0. The van der Waals surface area contributed by atoms with Crippen molar-refractivity contribution in [3.63, 3.8) is 0 Å². The summed E-state index contributed by atoms with van der Waals surface area (Å²) in [5.41, 5.74) is 0. The van der Waals surface area contributed by atoms with Gasteiger partial charge in [-0.1, -0.05) is 386 Å². The van der Waals surface area contributed by atoms with Crippen molar-refractivity contribution < 1.29 is 24.5 Å². The lowest BCUT2D eigenvalue weighted by Gasteiger charge is -2.20. The second kappa shape index (κ2) is 69.1. The number of nitrogens with one attached hydrogen (secondary N) is 1. The van der Waals surface area contributed by atoms with Crippen molar-refractivity contribution in [2.24, 2.45) is 0 Å². The quantitative estimate of drug-likeness (QED) is 0.0320. The van der Waals surface area contributed by atoms with Gasteiger partial charge in [0.1, 0.15) is 0 Å². The third-order valence-electron chi connectivity index (χ3n) is 17.3. The summed E-state index contributed by atoms with van der Waals surface area (Å²) in [7, 11) is 0. The van der Waals surface area contributed by atoms with E-state index in [4.69, 9.17) is 4.74 Å². The first-order valence-corrected chi connectivity index (χ1v) is 36.5. The van der Waals surface area contributed by atoms with Crippen LogP contribution in [-0.2, 0) is 14.3 Å². The Morgan fingerprint density at radius 2 is 0.582 bits per heavy atom. The van der Waals surface area contributed by atoms with E-state index in [-0.39, 0.29) is 18.5 Å². The normalized spacial score (nSPS) is 12.5. The maximum Gasteiger partial charge on any atom is 0.305 e. The number of carbonyl (C=O) groups excluding carboxylic acids is 2. The number of aliphatic hydroxyl groups is 2. The predicted molar refractivity (Wildman–Crippen MR) is 347 cm³/mol. The number of allylic oxidation sites excluding steroid dienone is 1. The molecule has 0 fully saturated rings. The van der Waals surface area contributed by atoms with Crippen LogP contribution in [0.1, 0.15) is 418 Å². The zero-order valence-corrected chi connectivity index (χ0v) is 53.9. The SMILES string of the molecule is CCCCCCCCCCCCCCC/C=C/C(O)C(CO)NC(=O)CCCCCCCCCCCCCCCCCCCCCCCCCCCCCCCCCCCCCOC(=O)CCCCCCCCCCCCCC. The molecule has 0 rings (SSSR count). The highest BCUT2D eigenvalue weighted by atomic mass is 16.5. The molecule has 79 heavy (non-hydrogen) atoms. The molecular formula is C73H143NO5. The molecule has 0 aromatic heterocycles. The van der Waals surface area contributed by atoms with E-state index in [1.807, 2.05) is 6.08 Å². The lowest BCUT2D eigenvalue weighted by Crippen LogP contribution is -2.45. The van der Waals surface area contributed by atoms with Crippen LogP contribution in [0.2, 0.25) is 0 Å². The van der Waals surface area contributed by atoms with E-state index in [1.54, 1.807) is 6.08 Å². The Hall–Kier alpha value is -1.40. The summed E-state index contributed by atoms with van der Waals surface area (Å²) in [6.45, 7) is 4.94. The van der Waals surface area contributed by atoms with Crippen LogP contribution in [0.15, 0.2) is 12.2 Å². The topological polar surface area (TPSA) is 95.9 Å². The molecule has 2 unspecified atom stereocenters. The second-order valence-electron chi connectivity index (χ2n) is 25.3. The van der Waals surface area contributed by atoms with Gasteiger partial charge in [0.2, 0.25) is 5.91 Å². The molecule has 0 bridgehead atoms. The lowest BCUT2D eigenvalue weighted by atomic mass is 10.0. The number of amides is 1. The Balaban J connectivity index is 3.31. The van der Waals surface area contributed by atoms with Crippen LogP contribution in [0.3, 0.4) is 0 Å². The van der Waals surface area contributed by atoms with Crippen molar-refractivity contribution in [3.05, 3.63) is 12.2 Å². The van der Waals surface area contributed by atoms with Gasteiger partial charge < -0.3 is 20.3 Å². The third kappa shape index (κ3) is 65.6. The summed E-state index contributed by atoms with van der Waals surface area (Å²) in [5.74, 6) is -0.0357. The molecule has 0 aliphatic heterocycles.